The van der Waals surface area contributed by atoms with Crippen LogP contribution in [0.5, 0.6) is 0 Å². The lowest BCUT2D eigenvalue weighted by Crippen LogP contribution is -2.27. The molecule has 1 aromatic heterocycles. The van der Waals surface area contributed by atoms with Gasteiger partial charge in [0.05, 0.1) is 5.75 Å². The minimum absolute atomic E-state index is 0.0107. The summed E-state index contributed by atoms with van der Waals surface area (Å²) in [6.07, 6.45) is 2.38. The highest BCUT2D eigenvalue weighted by molar-refractivity contribution is 7.99. The molecule has 1 aromatic carbocycles. The monoisotopic (exact) mass is 338 g/mol. The second-order valence-corrected chi connectivity index (χ2v) is 6.31. The van der Waals surface area contributed by atoms with Crippen molar-refractivity contribution in [1.29, 1.82) is 0 Å². The van der Waals surface area contributed by atoms with Gasteiger partial charge in [-0.25, -0.2) is 13.8 Å². The molecule has 0 radical (unpaired) electrons. The Bertz CT molecular complexity index is 682. The fourth-order valence-corrected chi connectivity index (χ4v) is 2.78. The minimum atomic E-state index is -0.595. The maximum atomic E-state index is 13.4. The van der Waals surface area contributed by atoms with E-state index in [4.69, 9.17) is 0 Å². The fourth-order valence-electron chi connectivity index (χ4n) is 2.14. The Hall–Kier alpha value is -1.96. The first-order valence-corrected chi connectivity index (χ1v) is 8.36. The maximum absolute atomic E-state index is 13.4. The molecular formula is C15H16F2N4OS. The van der Waals surface area contributed by atoms with Gasteiger partial charge in [-0.15, -0.1) is 5.10 Å². The number of benzene rings is 1. The summed E-state index contributed by atoms with van der Waals surface area (Å²) in [5.74, 6) is 0.125. The molecule has 1 amide bonds. The number of thioether (sulfide) groups is 1. The number of rotatable bonds is 7. The summed E-state index contributed by atoms with van der Waals surface area (Å²) in [7, 11) is 0. The van der Waals surface area contributed by atoms with Gasteiger partial charge in [-0.1, -0.05) is 17.8 Å². The van der Waals surface area contributed by atoms with Gasteiger partial charge in [-0.3, -0.25) is 9.89 Å². The Morgan fingerprint density at radius 1 is 1.35 bits per heavy atom. The average Bonchev–Trinajstić information content (AvgIpc) is 3.27. The highest BCUT2D eigenvalue weighted by Crippen LogP contribution is 2.38. The first-order chi connectivity index (χ1) is 11.1. The summed E-state index contributed by atoms with van der Waals surface area (Å²) >= 11 is 1.23. The molecule has 8 heteroatoms. The highest BCUT2D eigenvalue weighted by atomic mass is 32.2. The summed E-state index contributed by atoms with van der Waals surface area (Å²) in [6, 6.07) is 3.73. The molecule has 23 heavy (non-hydrogen) atoms. The predicted molar refractivity (Wildman–Crippen MR) is 82.2 cm³/mol. The van der Waals surface area contributed by atoms with Crippen molar-refractivity contribution in [3.8, 4) is 0 Å². The molecule has 122 valence electrons. The molecule has 0 saturated heterocycles. The Kier molecular flexibility index (Phi) is 4.90. The van der Waals surface area contributed by atoms with E-state index >= 15 is 0 Å². The molecule has 1 aliphatic carbocycles. The van der Waals surface area contributed by atoms with E-state index in [0.29, 0.717) is 11.1 Å². The lowest BCUT2D eigenvalue weighted by atomic mass is 10.1. The fraction of sp³-hybridized carbons (Fsp3) is 0.400. The summed E-state index contributed by atoms with van der Waals surface area (Å²) in [4.78, 5) is 16.1. The van der Waals surface area contributed by atoms with Crippen molar-refractivity contribution < 1.29 is 13.6 Å². The van der Waals surface area contributed by atoms with Crippen LogP contribution in [0, 0.1) is 11.6 Å². The van der Waals surface area contributed by atoms with E-state index in [1.54, 1.807) is 0 Å². The number of hydrogen-bond donors (Lipinski definition) is 2. The summed E-state index contributed by atoms with van der Waals surface area (Å²) in [6.45, 7) is 0.179. The van der Waals surface area contributed by atoms with E-state index in [1.165, 1.54) is 30.0 Å². The molecule has 0 bridgehead atoms. The second kappa shape index (κ2) is 7.08. The Morgan fingerprint density at radius 2 is 2.09 bits per heavy atom. The second-order valence-electron chi connectivity index (χ2n) is 5.37. The van der Waals surface area contributed by atoms with Crippen LogP contribution in [0.2, 0.25) is 0 Å². The zero-order chi connectivity index (χ0) is 16.2. The molecule has 2 N–H and O–H groups in total. The number of amides is 1. The molecule has 1 aliphatic rings. The zero-order valence-corrected chi connectivity index (χ0v) is 13.1. The van der Waals surface area contributed by atoms with E-state index in [1.807, 2.05) is 0 Å². The molecule has 5 nitrogen and oxygen atoms in total. The van der Waals surface area contributed by atoms with Crippen LogP contribution >= 0.6 is 11.8 Å². The summed E-state index contributed by atoms with van der Waals surface area (Å²) in [5, 5.41) is 10.1. The number of halogens is 2. The van der Waals surface area contributed by atoms with Crippen LogP contribution in [0.1, 0.15) is 30.1 Å². The molecule has 0 aliphatic heterocycles. The van der Waals surface area contributed by atoms with E-state index in [2.05, 4.69) is 20.5 Å². The van der Waals surface area contributed by atoms with Crippen molar-refractivity contribution in [2.24, 2.45) is 0 Å². The van der Waals surface area contributed by atoms with Gasteiger partial charge in [-0.2, -0.15) is 0 Å². The van der Waals surface area contributed by atoms with Crippen molar-refractivity contribution in [2.45, 2.75) is 30.3 Å². The number of H-pyrrole nitrogens is 1. The first kappa shape index (κ1) is 15.9. The Balaban J connectivity index is 1.40. The SMILES string of the molecule is O=C(CSc1n[nH]c(C2CC2)n1)NCCc1c(F)cccc1F. The lowest BCUT2D eigenvalue weighted by molar-refractivity contribution is -0.118. The molecule has 0 atom stereocenters. The van der Waals surface area contributed by atoms with Gasteiger partial charge in [0.1, 0.15) is 17.5 Å². The third-order valence-corrected chi connectivity index (χ3v) is 4.38. The normalized spacial score (nSPS) is 14.0. The molecule has 3 rings (SSSR count). The van der Waals surface area contributed by atoms with Gasteiger partial charge in [0.2, 0.25) is 11.1 Å². The maximum Gasteiger partial charge on any atom is 0.230 e. The molecular weight excluding hydrogens is 322 g/mol. The third kappa shape index (κ3) is 4.28. The van der Waals surface area contributed by atoms with Gasteiger partial charge in [0, 0.05) is 18.0 Å². The number of nitrogens with one attached hydrogen (secondary N) is 2. The number of carbonyl (C=O) groups excluding carboxylic acids is 1. The van der Waals surface area contributed by atoms with Crippen molar-refractivity contribution in [1.82, 2.24) is 20.5 Å². The van der Waals surface area contributed by atoms with E-state index in [9.17, 15) is 13.6 Å². The van der Waals surface area contributed by atoms with Crippen LogP contribution in [-0.4, -0.2) is 33.4 Å². The molecule has 0 unspecified atom stereocenters. The minimum Gasteiger partial charge on any atom is -0.355 e. The predicted octanol–water partition coefficient (Wildman–Crippen LogP) is 2.41. The molecule has 2 aromatic rings. The summed E-state index contributed by atoms with van der Waals surface area (Å²) < 4.78 is 26.9. The number of carbonyl (C=O) groups is 1. The Labute approximate surface area is 136 Å². The zero-order valence-electron chi connectivity index (χ0n) is 12.3. The largest absolute Gasteiger partial charge is 0.355 e. The topological polar surface area (TPSA) is 70.7 Å². The third-order valence-electron chi connectivity index (χ3n) is 3.54. The van der Waals surface area contributed by atoms with Gasteiger partial charge >= 0.3 is 0 Å². The van der Waals surface area contributed by atoms with Crippen molar-refractivity contribution in [3.63, 3.8) is 0 Å². The molecule has 1 fully saturated rings. The standard InChI is InChI=1S/C15H16F2N4OS/c16-11-2-1-3-12(17)10(11)6-7-18-13(22)8-23-15-19-14(20-21-15)9-4-5-9/h1-3,9H,4-8H2,(H,18,22)(H,19,20,21). The van der Waals surface area contributed by atoms with Crippen LogP contribution in [0.25, 0.3) is 0 Å². The van der Waals surface area contributed by atoms with E-state index < -0.39 is 11.6 Å². The lowest BCUT2D eigenvalue weighted by Gasteiger charge is -2.06. The van der Waals surface area contributed by atoms with Crippen LogP contribution in [0.4, 0.5) is 8.78 Å². The summed E-state index contributed by atoms with van der Waals surface area (Å²) in [5.41, 5.74) is -0.0107. The van der Waals surface area contributed by atoms with Gasteiger partial charge in [0.25, 0.3) is 0 Å². The van der Waals surface area contributed by atoms with Gasteiger partial charge in [0.15, 0.2) is 0 Å². The van der Waals surface area contributed by atoms with Crippen LogP contribution < -0.4 is 5.32 Å². The average molecular weight is 338 g/mol. The molecule has 1 saturated carbocycles. The quantitative estimate of drug-likeness (QED) is 0.761. The van der Waals surface area contributed by atoms with E-state index in [0.717, 1.165) is 18.7 Å². The van der Waals surface area contributed by atoms with Crippen LogP contribution in [0.15, 0.2) is 23.4 Å². The van der Waals surface area contributed by atoms with Gasteiger partial charge in [-0.05, 0) is 31.4 Å². The van der Waals surface area contributed by atoms with E-state index in [-0.39, 0.29) is 30.2 Å². The highest BCUT2D eigenvalue weighted by Gasteiger charge is 2.27. The smallest absolute Gasteiger partial charge is 0.230 e. The Morgan fingerprint density at radius 3 is 2.78 bits per heavy atom. The number of aromatic nitrogens is 3. The van der Waals surface area contributed by atoms with Gasteiger partial charge < -0.3 is 5.32 Å². The van der Waals surface area contributed by atoms with Crippen LogP contribution in [-0.2, 0) is 11.2 Å². The van der Waals surface area contributed by atoms with Crippen molar-refractivity contribution >= 4 is 17.7 Å². The number of aromatic amines is 1. The molecule has 0 spiro atoms. The van der Waals surface area contributed by atoms with Crippen molar-refractivity contribution in [3.05, 3.63) is 41.2 Å². The molecule has 1 heterocycles. The first-order valence-electron chi connectivity index (χ1n) is 7.38. The number of nitrogens with zero attached hydrogens (tertiary/aromatic N) is 2. The number of hydrogen-bond acceptors (Lipinski definition) is 4. The van der Waals surface area contributed by atoms with Crippen LogP contribution in [0.3, 0.4) is 0 Å². The van der Waals surface area contributed by atoms with Crippen molar-refractivity contribution in [2.75, 3.05) is 12.3 Å².